The van der Waals surface area contributed by atoms with E-state index in [2.05, 4.69) is 17.0 Å². The van der Waals surface area contributed by atoms with Crippen LogP contribution in [0.3, 0.4) is 0 Å². The number of aromatic nitrogens is 4. The minimum Gasteiger partial charge on any atom is -0.394 e. The Bertz CT molecular complexity index is 1240. The van der Waals surface area contributed by atoms with Crippen molar-refractivity contribution < 1.29 is 14.6 Å². The summed E-state index contributed by atoms with van der Waals surface area (Å²) in [7, 11) is 0. The summed E-state index contributed by atoms with van der Waals surface area (Å²) in [4.78, 5) is 21.9. The number of Topliss-reactive ketones (excluding diaryl/α,β-unsaturated/α-hetero) is 1. The number of nitrogens with zero attached hydrogens (tertiary/aromatic N) is 4. The van der Waals surface area contributed by atoms with Crippen molar-refractivity contribution in [1.29, 1.82) is 0 Å². The van der Waals surface area contributed by atoms with Crippen molar-refractivity contribution in [2.75, 3.05) is 13.2 Å². The third-order valence-electron chi connectivity index (χ3n) is 5.55. The molecule has 0 fully saturated rings. The van der Waals surface area contributed by atoms with Gasteiger partial charge in [-0.2, -0.15) is 5.10 Å². The van der Waals surface area contributed by atoms with Gasteiger partial charge in [0.1, 0.15) is 5.78 Å². The first-order valence-corrected chi connectivity index (χ1v) is 11.1. The van der Waals surface area contributed by atoms with Gasteiger partial charge in [-0.1, -0.05) is 37.3 Å². The highest BCUT2D eigenvalue weighted by atomic mass is 16.5. The molecule has 1 atom stereocenters. The van der Waals surface area contributed by atoms with Gasteiger partial charge in [0.15, 0.2) is 0 Å². The van der Waals surface area contributed by atoms with E-state index in [9.17, 15) is 4.79 Å². The van der Waals surface area contributed by atoms with Gasteiger partial charge < -0.3 is 9.84 Å². The maximum atomic E-state index is 12.8. The summed E-state index contributed by atoms with van der Waals surface area (Å²) in [6, 6.07) is 15.8. The maximum Gasteiger partial charge on any atom is 0.139 e. The molecule has 0 spiro atoms. The number of hydrogen-bond acceptors (Lipinski definition) is 6. The maximum absolute atomic E-state index is 12.8. The Morgan fingerprint density at radius 1 is 1.18 bits per heavy atom. The molecule has 0 aliphatic rings. The molecular weight excluding hydrogens is 416 g/mol. The number of fused-ring (bicyclic) bond motifs is 1. The third-order valence-corrected chi connectivity index (χ3v) is 5.55. The van der Waals surface area contributed by atoms with E-state index in [-0.39, 0.29) is 37.9 Å². The molecule has 0 aliphatic heterocycles. The molecule has 3 heterocycles. The standard InChI is InChI=1S/C26H28N4O3/c1-18(20-6-4-3-5-7-20)12-24(32)15-22-14-21-16-28-30(23-8-9-27-19(2)13-23)26(21)25(29-22)17-33-11-10-31/h3-9,13-14,16,18,31H,10-12,15,17H2,1-2H3/t18-/m0/s1. The molecule has 7 heteroatoms. The van der Waals surface area contributed by atoms with E-state index in [4.69, 9.17) is 14.8 Å². The molecule has 33 heavy (non-hydrogen) atoms. The smallest absolute Gasteiger partial charge is 0.139 e. The first-order valence-electron chi connectivity index (χ1n) is 11.1. The number of carbonyl (C=O) groups excluding carboxylic acids is 1. The van der Waals surface area contributed by atoms with Crippen molar-refractivity contribution in [2.24, 2.45) is 0 Å². The second kappa shape index (κ2) is 10.5. The molecular formula is C26H28N4O3. The fourth-order valence-electron chi connectivity index (χ4n) is 3.99. The molecule has 0 amide bonds. The highest BCUT2D eigenvalue weighted by Crippen LogP contribution is 2.25. The lowest BCUT2D eigenvalue weighted by Crippen LogP contribution is -2.11. The van der Waals surface area contributed by atoms with Gasteiger partial charge in [-0.15, -0.1) is 0 Å². The number of ketones is 1. The van der Waals surface area contributed by atoms with Crippen LogP contribution < -0.4 is 0 Å². The van der Waals surface area contributed by atoms with E-state index in [1.54, 1.807) is 12.4 Å². The van der Waals surface area contributed by atoms with Crippen LogP contribution in [-0.2, 0) is 22.6 Å². The van der Waals surface area contributed by atoms with Crippen LogP contribution in [0.25, 0.3) is 16.6 Å². The molecule has 0 bridgehead atoms. The number of aliphatic hydroxyl groups excluding tert-OH is 1. The molecule has 0 unspecified atom stereocenters. The molecule has 0 radical (unpaired) electrons. The van der Waals surface area contributed by atoms with Crippen LogP contribution in [0, 0.1) is 6.92 Å². The predicted molar refractivity (Wildman–Crippen MR) is 126 cm³/mol. The van der Waals surface area contributed by atoms with Crippen LogP contribution in [0.4, 0.5) is 0 Å². The minimum absolute atomic E-state index is 0.0680. The highest BCUT2D eigenvalue weighted by molar-refractivity contribution is 5.85. The summed E-state index contributed by atoms with van der Waals surface area (Å²) in [6.45, 7) is 4.36. The Kier molecular flexibility index (Phi) is 7.22. The second-order valence-electron chi connectivity index (χ2n) is 8.22. The zero-order valence-corrected chi connectivity index (χ0v) is 18.9. The Balaban J connectivity index is 1.62. The van der Waals surface area contributed by atoms with Crippen molar-refractivity contribution in [3.8, 4) is 5.69 Å². The molecule has 0 aliphatic carbocycles. The summed E-state index contributed by atoms with van der Waals surface area (Å²) >= 11 is 0. The van der Waals surface area contributed by atoms with Gasteiger partial charge in [0.2, 0.25) is 0 Å². The van der Waals surface area contributed by atoms with E-state index in [1.807, 2.05) is 60.1 Å². The minimum atomic E-state index is -0.0680. The van der Waals surface area contributed by atoms with Crippen molar-refractivity contribution in [3.05, 3.63) is 83.6 Å². The Morgan fingerprint density at radius 3 is 2.76 bits per heavy atom. The summed E-state index contributed by atoms with van der Waals surface area (Å²) in [5.74, 6) is 0.282. The van der Waals surface area contributed by atoms with Gasteiger partial charge in [0.05, 0.1) is 42.9 Å². The van der Waals surface area contributed by atoms with Gasteiger partial charge in [-0.3, -0.25) is 14.8 Å². The Labute approximate surface area is 193 Å². The molecule has 4 aromatic rings. The zero-order chi connectivity index (χ0) is 23.2. The Morgan fingerprint density at radius 2 is 2.00 bits per heavy atom. The quantitative estimate of drug-likeness (QED) is 0.373. The molecule has 0 saturated heterocycles. The van der Waals surface area contributed by atoms with Crippen molar-refractivity contribution in [1.82, 2.24) is 19.7 Å². The molecule has 0 saturated carbocycles. The molecule has 3 aromatic heterocycles. The number of aliphatic hydroxyl groups is 1. The lowest BCUT2D eigenvalue weighted by atomic mass is 9.94. The number of benzene rings is 1. The lowest BCUT2D eigenvalue weighted by Gasteiger charge is -2.12. The number of carbonyl (C=O) groups is 1. The summed E-state index contributed by atoms with van der Waals surface area (Å²) in [5.41, 5.74) is 5.13. The largest absolute Gasteiger partial charge is 0.394 e. The van der Waals surface area contributed by atoms with Gasteiger partial charge in [0, 0.05) is 35.8 Å². The van der Waals surface area contributed by atoms with Gasteiger partial charge >= 0.3 is 0 Å². The van der Waals surface area contributed by atoms with Crippen molar-refractivity contribution >= 4 is 16.7 Å². The van der Waals surface area contributed by atoms with Crippen LogP contribution in [-0.4, -0.2) is 43.9 Å². The summed E-state index contributed by atoms with van der Waals surface area (Å²) in [5, 5.41) is 14.6. The predicted octanol–water partition coefficient (Wildman–Crippen LogP) is 3.94. The molecule has 170 valence electrons. The first kappa shape index (κ1) is 22.8. The highest BCUT2D eigenvalue weighted by Gasteiger charge is 2.17. The van der Waals surface area contributed by atoms with Crippen molar-refractivity contribution in [2.45, 2.75) is 39.2 Å². The monoisotopic (exact) mass is 444 g/mol. The number of hydrogen-bond donors (Lipinski definition) is 1. The van der Waals surface area contributed by atoms with E-state index >= 15 is 0 Å². The third kappa shape index (κ3) is 5.50. The summed E-state index contributed by atoms with van der Waals surface area (Å²) < 4.78 is 7.41. The van der Waals surface area contributed by atoms with Gasteiger partial charge in [-0.25, -0.2) is 4.68 Å². The average Bonchev–Trinajstić information content (AvgIpc) is 3.24. The summed E-state index contributed by atoms with van der Waals surface area (Å²) in [6.07, 6.45) is 4.23. The van der Waals surface area contributed by atoms with E-state index < -0.39 is 0 Å². The fraction of sp³-hybridized carbons (Fsp3) is 0.308. The molecule has 7 nitrogen and oxygen atoms in total. The number of pyridine rings is 2. The van der Waals surface area contributed by atoms with Gasteiger partial charge in [-0.05, 0) is 36.6 Å². The number of ether oxygens (including phenoxy) is 1. The first-order chi connectivity index (χ1) is 16.0. The van der Waals surface area contributed by atoms with E-state index in [1.165, 1.54) is 0 Å². The molecule has 4 rings (SSSR count). The molecule has 1 N–H and O–H groups in total. The number of rotatable bonds is 10. The SMILES string of the molecule is Cc1cc(-n2ncc3cc(CC(=O)C[C@H](C)c4ccccc4)nc(COCCO)c32)ccn1. The normalized spacial score (nSPS) is 12.2. The van der Waals surface area contributed by atoms with Gasteiger partial charge in [0.25, 0.3) is 0 Å². The van der Waals surface area contributed by atoms with E-state index in [0.717, 1.165) is 27.8 Å². The van der Waals surface area contributed by atoms with Crippen LogP contribution in [0.15, 0.2) is 60.9 Å². The fourth-order valence-corrected chi connectivity index (χ4v) is 3.99. The topological polar surface area (TPSA) is 90.1 Å². The van der Waals surface area contributed by atoms with Crippen LogP contribution in [0.2, 0.25) is 0 Å². The van der Waals surface area contributed by atoms with Crippen molar-refractivity contribution in [3.63, 3.8) is 0 Å². The number of aryl methyl sites for hydroxylation is 1. The average molecular weight is 445 g/mol. The zero-order valence-electron chi connectivity index (χ0n) is 18.9. The second-order valence-corrected chi connectivity index (χ2v) is 8.22. The Hall–Kier alpha value is -3.42. The lowest BCUT2D eigenvalue weighted by molar-refractivity contribution is -0.118. The van der Waals surface area contributed by atoms with Crippen LogP contribution in [0.1, 0.15) is 41.9 Å². The van der Waals surface area contributed by atoms with E-state index in [0.29, 0.717) is 17.8 Å². The van der Waals surface area contributed by atoms with Crippen LogP contribution >= 0.6 is 0 Å². The molecule has 1 aromatic carbocycles. The van der Waals surface area contributed by atoms with Crippen LogP contribution in [0.5, 0.6) is 0 Å².